The monoisotopic (exact) mass is 253 g/mol. The minimum absolute atomic E-state index is 0.672. The van der Waals surface area contributed by atoms with E-state index in [2.05, 4.69) is 9.69 Å². The van der Waals surface area contributed by atoms with Crippen LogP contribution in [-0.2, 0) is 4.74 Å². The number of ether oxygens (including phenoxy) is 1. The first-order chi connectivity index (χ1) is 8.34. The molecule has 1 aliphatic heterocycles. The summed E-state index contributed by atoms with van der Waals surface area (Å²) in [4.78, 5) is 0. The summed E-state index contributed by atoms with van der Waals surface area (Å²) in [6, 6.07) is 0. The van der Waals surface area contributed by atoms with Crippen LogP contribution in [-0.4, -0.2) is 24.1 Å². The number of nitrogens with zero attached hydrogens (tertiary/aromatic N) is 1. The van der Waals surface area contributed by atoms with Crippen LogP contribution in [0.1, 0.15) is 37.2 Å². The number of hydrogen-bond acceptors (Lipinski definition) is 5. The van der Waals surface area contributed by atoms with Crippen molar-refractivity contribution in [1.29, 1.82) is 0 Å². The molecule has 2 aliphatic rings. The summed E-state index contributed by atoms with van der Waals surface area (Å²) in [5, 5.41) is 4.75. The van der Waals surface area contributed by atoms with E-state index in [0.717, 1.165) is 31.5 Å². The molecular weight excluding hydrogens is 234 g/mol. The summed E-state index contributed by atoms with van der Waals surface area (Å²) >= 11 is 1.52. The number of hydrogen-bond donors (Lipinski definition) is 2. The molecule has 1 saturated heterocycles. The van der Waals surface area contributed by atoms with Gasteiger partial charge in [-0.1, -0.05) is 0 Å². The zero-order valence-corrected chi connectivity index (χ0v) is 10.8. The molecule has 0 radical (unpaired) electrons. The molecule has 3 rings (SSSR count). The van der Waals surface area contributed by atoms with Crippen molar-refractivity contribution < 1.29 is 4.74 Å². The van der Waals surface area contributed by atoms with Gasteiger partial charge in [-0.2, -0.15) is 4.37 Å². The topological polar surface area (TPSA) is 60.2 Å². The number of aromatic nitrogens is 1. The fourth-order valence-corrected chi connectivity index (χ4v) is 3.20. The highest BCUT2D eigenvalue weighted by Crippen LogP contribution is 2.47. The van der Waals surface area contributed by atoms with E-state index in [9.17, 15) is 0 Å². The van der Waals surface area contributed by atoms with Crippen molar-refractivity contribution in [1.82, 2.24) is 4.37 Å². The highest BCUT2D eigenvalue weighted by atomic mass is 32.1. The fraction of sp³-hybridized carbons (Fsp3) is 0.750. The minimum atomic E-state index is 0.672. The Bertz CT molecular complexity index is 383. The average Bonchev–Trinajstić information content (AvgIpc) is 3.12. The molecule has 1 aromatic rings. The Labute approximate surface area is 106 Å². The summed E-state index contributed by atoms with van der Waals surface area (Å²) in [7, 11) is 0. The van der Waals surface area contributed by atoms with E-state index in [1.807, 2.05) is 0 Å². The van der Waals surface area contributed by atoms with Crippen LogP contribution in [0.15, 0.2) is 0 Å². The van der Waals surface area contributed by atoms with Gasteiger partial charge in [0, 0.05) is 25.3 Å². The summed E-state index contributed by atoms with van der Waals surface area (Å²) in [5.41, 5.74) is 7.21. The summed E-state index contributed by atoms with van der Waals surface area (Å²) in [6.07, 6.45) is 4.88. The SMILES string of the molecule is Nc1nsc(NCC2CCOCC2)c1C1CC1. The average molecular weight is 253 g/mol. The normalized spacial score (nSPS) is 21.6. The van der Waals surface area contributed by atoms with Crippen molar-refractivity contribution in [2.75, 3.05) is 30.8 Å². The van der Waals surface area contributed by atoms with Gasteiger partial charge in [-0.05, 0) is 49.1 Å². The Morgan fingerprint density at radius 3 is 2.76 bits per heavy atom. The molecule has 1 aromatic heterocycles. The molecule has 0 bridgehead atoms. The first-order valence-corrected chi connectivity index (χ1v) is 7.18. The van der Waals surface area contributed by atoms with Crippen LogP contribution in [0.25, 0.3) is 0 Å². The van der Waals surface area contributed by atoms with Crippen molar-refractivity contribution >= 4 is 22.4 Å². The first kappa shape index (κ1) is 11.3. The molecule has 0 aromatic carbocycles. The van der Waals surface area contributed by atoms with E-state index in [0.29, 0.717) is 5.92 Å². The van der Waals surface area contributed by atoms with Crippen molar-refractivity contribution in [3.8, 4) is 0 Å². The van der Waals surface area contributed by atoms with Gasteiger partial charge in [-0.25, -0.2) is 0 Å². The fourth-order valence-electron chi connectivity index (χ4n) is 2.39. The number of nitrogens with one attached hydrogen (secondary N) is 1. The van der Waals surface area contributed by atoms with Crippen LogP contribution in [0.2, 0.25) is 0 Å². The zero-order chi connectivity index (χ0) is 11.7. The zero-order valence-electron chi connectivity index (χ0n) is 9.95. The second-order valence-corrected chi connectivity index (χ2v) is 5.79. The Morgan fingerprint density at radius 2 is 2.06 bits per heavy atom. The van der Waals surface area contributed by atoms with Gasteiger partial charge in [0.15, 0.2) is 0 Å². The lowest BCUT2D eigenvalue weighted by atomic mass is 10.0. The van der Waals surface area contributed by atoms with Gasteiger partial charge >= 0.3 is 0 Å². The quantitative estimate of drug-likeness (QED) is 0.865. The number of rotatable bonds is 4. The first-order valence-electron chi connectivity index (χ1n) is 6.41. The lowest BCUT2D eigenvalue weighted by Crippen LogP contribution is -2.22. The van der Waals surface area contributed by atoms with E-state index < -0.39 is 0 Å². The molecule has 17 heavy (non-hydrogen) atoms. The third-order valence-corrected chi connectivity index (χ3v) is 4.47. The van der Waals surface area contributed by atoms with E-state index in [-0.39, 0.29) is 0 Å². The Kier molecular flexibility index (Phi) is 3.20. The summed E-state index contributed by atoms with van der Waals surface area (Å²) < 4.78 is 9.64. The molecule has 5 heteroatoms. The van der Waals surface area contributed by atoms with Gasteiger partial charge in [0.1, 0.15) is 10.8 Å². The van der Waals surface area contributed by atoms with Crippen LogP contribution < -0.4 is 11.1 Å². The third kappa shape index (κ3) is 2.55. The molecule has 0 unspecified atom stereocenters. The van der Waals surface area contributed by atoms with Crippen LogP contribution in [0.3, 0.4) is 0 Å². The van der Waals surface area contributed by atoms with E-state index in [1.165, 1.54) is 47.8 Å². The van der Waals surface area contributed by atoms with Gasteiger partial charge in [0.05, 0.1) is 0 Å². The molecule has 0 amide bonds. The Balaban J connectivity index is 1.60. The molecule has 2 fully saturated rings. The van der Waals surface area contributed by atoms with Crippen LogP contribution in [0.5, 0.6) is 0 Å². The highest BCUT2D eigenvalue weighted by molar-refractivity contribution is 7.10. The van der Waals surface area contributed by atoms with Crippen molar-refractivity contribution in [2.24, 2.45) is 5.92 Å². The molecular formula is C12H19N3OS. The maximum atomic E-state index is 5.93. The molecule has 4 nitrogen and oxygen atoms in total. The number of anilines is 2. The third-order valence-electron chi connectivity index (χ3n) is 3.63. The summed E-state index contributed by atoms with van der Waals surface area (Å²) in [5.74, 6) is 2.15. The lowest BCUT2D eigenvalue weighted by molar-refractivity contribution is 0.0699. The van der Waals surface area contributed by atoms with Gasteiger partial charge in [0.25, 0.3) is 0 Å². The van der Waals surface area contributed by atoms with Crippen molar-refractivity contribution in [2.45, 2.75) is 31.6 Å². The predicted octanol–water partition coefficient (Wildman–Crippen LogP) is 2.44. The Hall–Kier alpha value is -0.810. The maximum Gasteiger partial charge on any atom is 0.142 e. The largest absolute Gasteiger partial charge is 0.383 e. The van der Waals surface area contributed by atoms with Crippen LogP contribution in [0.4, 0.5) is 10.8 Å². The molecule has 1 saturated carbocycles. The van der Waals surface area contributed by atoms with Gasteiger partial charge in [-0.15, -0.1) is 0 Å². The number of nitrogen functional groups attached to an aromatic ring is 1. The molecule has 0 atom stereocenters. The maximum absolute atomic E-state index is 5.93. The van der Waals surface area contributed by atoms with E-state index in [1.54, 1.807) is 0 Å². The smallest absolute Gasteiger partial charge is 0.142 e. The van der Waals surface area contributed by atoms with Gasteiger partial charge in [0.2, 0.25) is 0 Å². The van der Waals surface area contributed by atoms with Crippen molar-refractivity contribution in [3.05, 3.63) is 5.56 Å². The van der Waals surface area contributed by atoms with Gasteiger partial charge in [-0.3, -0.25) is 0 Å². The predicted molar refractivity (Wildman–Crippen MR) is 70.5 cm³/mol. The molecule has 3 N–H and O–H groups in total. The minimum Gasteiger partial charge on any atom is -0.383 e. The molecule has 1 aliphatic carbocycles. The second kappa shape index (κ2) is 4.82. The van der Waals surface area contributed by atoms with Crippen LogP contribution in [0, 0.1) is 5.92 Å². The second-order valence-electron chi connectivity index (χ2n) is 5.02. The molecule has 94 valence electrons. The molecule has 0 spiro atoms. The van der Waals surface area contributed by atoms with Gasteiger partial charge < -0.3 is 15.8 Å². The van der Waals surface area contributed by atoms with Crippen LogP contribution >= 0.6 is 11.5 Å². The number of nitrogens with two attached hydrogens (primary N) is 1. The standard InChI is InChI=1S/C12H19N3OS/c13-11-10(9-1-2-9)12(17-15-11)14-7-8-3-5-16-6-4-8/h8-9,14H,1-7H2,(H2,13,15). The highest BCUT2D eigenvalue weighted by Gasteiger charge is 2.30. The van der Waals surface area contributed by atoms with E-state index in [4.69, 9.17) is 10.5 Å². The van der Waals surface area contributed by atoms with E-state index >= 15 is 0 Å². The van der Waals surface area contributed by atoms with Crippen molar-refractivity contribution in [3.63, 3.8) is 0 Å². The Morgan fingerprint density at radius 1 is 1.29 bits per heavy atom. The molecule has 2 heterocycles. The lowest BCUT2D eigenvalue weighted by Gasteiger charge is -2.22. The summed E-state index contributed by atoms with van der Waals surface area (Å²) in [6.45, 7) is 2.85.